The van der Waals surface area contributed by atoms with E-state index in [0.29, 0.717) is 11.2 Å². The summed E-state index contributed by atoms with van der Waals surface area (Å²) in [4.78, 5) is 12.9. The normalized spacial score (nSPS) is 22.5. The van der Waals surface area contributed by atoms with E-state index in [-0.39, 0.29) is 18.2 Å². The van der Waals surface area contributed by atoms with Gasteiger partial charge in [0.25, 0.3) is 5.91 Å². The molecule has 0 aliphatic carbocycles. The second-order valence-corrected chi connectivity index (χ2v) is 6.68. The standard InChI is InChI=1S/C15H19BFNO4/c1-14(2)15(3,4)22-16(21-14)9-6-10(17)13-11(7-9)20-8-12(19)18(13)5/h6-7H,8H2,1-5H3. The van der Waals surface area contributed by atoms with E-state index in [4.69, 9.17) is 14.0 Å². The van der Waals surface area contributed by atoms with Gasteiger partial charge in [0.1, 0.15) is 17.3 Å². The molecule has 1 amide bonds. The zero-order valence-corrected chi connectivity index (χ0v) is 13.4. The van der Waals surface area contributed by atoms with Gasteiger partial charge in [0.05, 0.1) is 11.2 Å². The van der Waals surface area contributed by atoms with Gasteiger partial charge in [0.15, 0.2) is 6.61 Å². The fraction of sp³-hybridized carbons (Fsp3) is 0.533. The summed E-state index contributed by atoms with van der Waals surface area (Å²) < 4.78 is 31.6. The third-order valence-electron chi connectivity index (χ3n) is 4.64. The Kier molecular flexibility index (Phi) is 3.27. The van der Waals surface area contributed by atoms with Gasteiger partial charge in [-0.3, -0.25) is 4.79 Å². The third-order valence-corrected chi connectivity index (χ3v) is 4.64. The van der Waals surface area contributed by atoms with Crippen molar-refractivity contribution in [2.75, 3.05) is 18.6 Å². The van der Waals surface area contributed by atoms with E-state index in [1.807, 2.05) is 27.7 Å². The molecular formula is C15H19BFNO4. The lowest BCUT2D eigenvalue weighted by molar-refractivity contribution is -0.121. The van der Waals surface area contributed by atoms with Crippen molar-refractivity contribution in [1.82, 2.24) is 0 Å². The maximum absolute atomic E-state index is 14.4. The fourth-order valence-electron chi connectivity index (χ4n) is 2.51. The first kappa shape index (κ1) is 15.3. The largest absolute Gasteiger partial charge is 0.495 e. The SMILES string of the molecule is CN1C(=O)COc2cc(B3OC(C)(C)C(C)(C)O3)cc(F)c21. The first-order chi connectivity index (χ1) is 10.1. The Balaban J connectivity index is 1.98. The van der Waals surface area contributed by atoms with Crippen molar-refractivity contribution < 1.29 is 23.2 Å². The van der Waals surface area contributed by atoms with E-state index in [1.165, 1.54) is 18.0 Å². The van der Waals surface area contributed by atoms with E-state index in [2.05, 4.69) is 0 Å². The van der Waals surface area contributed by atoms with Crippen LogP contribution < -0.4 is 15.1 Å². The molecule has 0 radical (unpaired) electrons. The maximum Gasteiger partial charge on any atom is 0.495 e. The Morgan fingerprint density at radius 1 is 1.18 bits per heavy atom. The summed E-state index contributed by atoms with van der Waals surface area (Å²) in [5, 5.41) is 0. The van der Waals surface area contributed by atoms with Crippen LogP contribution in [0.1, 0.15) is 27.7 Å². The number of benzene rings is 1. The molecule has 2 heterocycles. The molecular weight excluding hydrogens is 288 g/mol. The highest BCUT2D eigenvalue weighted by molar-refractivity contribution is 6.62. The van der Waals surface area contributed by atoms with Crippen LogP contribution in [-0.2, 0) is 14.1 Å². The van der Waals surface area contributed by atoms with Gasteiger partial charge in [0, 0.05) is 7.05 Å². The van der Waals surface area contributed by atoms with Crippen LogP contribution in [0.5, 0.6) is 5.75 Å². The van der Waals surface area contributed by atoms with Crippen molar-refractivity contribution in [2.24, 2.45) is 0 Å². The number of anilines is 1. The zero-order chi connectivity index (χ0) is 16.3. The van der Waals surface area contributed by atoms with Crippen molar-refractivity contribution in [3.63, 3.8) is 0 Å². The summed E-state index contributed by atoms with van der Waals surface area (Å²) >= 11 is 0. The van der Waals surface area contributed by atoms with Gasteiger partial charge in [-0.15, -0.1) is 0 Å². The van der Waals surface area contributed by atoms with Crippen molar-refractivity contribution >= 4 is 24.2 Å². The number of nitrogens with zero attached hydrogens (tertiary/aromatic N) is 1. The molecule has 2 aliphatic heterocycles. The minimum Gasteiger partial charge on any atom is -0.481 e. The summed E-state index contributed by atoms with van der Waals surface area (Å²) in [6.07, 6.45) is 0. The molecule has 22 heavy (non-hydrogen) atoms. The van der Waals surface area contributed by atoms with Gasteiger partial charge in [-0.1, -0.05) is 0 Å². The van der Waals surface area contributed by atoms with Gasteiger partial charge >= 0.3 is 7.12 Å². The van der Waals surface area contributed by atoms with Gasteiger partial charge in [-0.25, -0.2) is 4.39 Å². The molecule has 0 aromatic heterocycles. The molecule has 1 aromatic carbocycles. The molecule has 0 bridgehead atoms. The molecule has 0 spiro atoms. The van der Waals surface area contributed by atoms with E-state index in [9.17, 15) is 9.18 Å². The van der Waals surface area contributed by atoms with Gasteiger partial charge in [0.2, 0.25) is 0 Å². The number of halogens is 1. The first-order valence-electron chi connectivity index (χ1n) is 7.21. The van der Waals surface area contributed by atoms with Gasteiger partial charge in [-0.2, -0.15) is 0 Å². The van der Waals surface area contributed by atoms with Crippen LogP contribution in [0.15, 0.2) is 12.1 Å². The van der Waals surface area contributed by atoms with Crippen LogP contribution in [0.3, 0.4) is 0 Å². The number of carbonyl (C=O) groups excluding carboxylic acids is 1. The van der Waals surface area contributed by atoms with Crippen LogP contribution in [0, 0.1) is 5.82 Å². The Morgan fingerprint density at radius 2 is 1.77 bits per heavy atom. The molecule has 5 nitrogen and oxygen atoms in total. The monoisotopic (exact) mass is 307 g/mol. The molecule has 1 fully saturated rings. The minimum absolute atomic E-state index is 0.101. The first-order valence-corrected chi connectivity index (χ1v) is 7.21. The Bertz CT molecular complexity index is 631. The molecule has 1 aromatic rings. The van der Waals surface area contributed by atoms with Gasteiger partial charge < -0.3 is 18.9 Å². The highest BCUT2D eigenvalue weighted by Crippen LogP contribution is 2.38. The molecule has 118 valence electrons. The summed E-state index contributed by atoms with van der Waals surface area (Å²) in [6, 6.07) is 3.00. The molecule has 0 atom stereocenters. The predicted molar refractivity (Wildman–Crippen MR) is 81.0 cm³/mol. The summed E-state index contributed by atoms with van der Waals surface area (Å²) in [5.41, 5.74) is -0.316. The molecule has 0 saturated carbocycles. The summed E-state index contributed by atoms with van der Waals surface area (Å²) in [5.74, 6) is -0.487. The third kappa shape index (κ3) is 2.19. The lowest BCUT2D eigenvalue weighted by Gasteiger charge is -2.32. The van der Waals surface area contributed by atoms with Gasteiger partial charge in [-0.05, 0) is 45.3 Å². The molecule has 0 N–H and O–H groups in total. The highest BCUT2D eigenvalue weighted by Gasteiger charge is 2.52. The number of amides is 1. The highest BCUT2D eigenvalue weighted by atomic mass is 19.1. The molecule has 0 unspecified atom stereocenters. The number of likely N-dealkylation sites (N-methyl/N-ethyl adjacent to an activating group) is 1. The van der Waals surface area contributed by atoms with E-state index >= 15 is 0 Å². The Morgan fingerprint density at radius 3 is 2.36 bits per heavy atom. The molecule has 3 rings (SSSR count). The number of fused-ring (bicyclic) bond motifs is 1. The van der Waals surface area contributed by atoms with Crippen LogP contribution in [0.25, 0.3) is 0 Å². The van der Waals surface area contributed by atoms with Crippen molar-refractivity contribution in [2.45, 2.75) is 38.9 Å². The Labute approximate surface area is 129 Å². The number of rotatable bonds is 1. The molecule has 1 saturated heterocycles. The number of hydrogen-bond acceptors (Lipinski definition) is 4. The molecule has 2 aliphatic rings. The van der Waals surface area contributed by atoms with Crippen LogP contribution in [0.2, 0.25) is 0 Å². The van der Waals surface area contributed by atoms with Crippen LogP contribution >= 0.6 is 0 Å². The zero-order valence-electron chi connectivity index (χ0n) is 13.4. The van der Waals surface area contributed by atoms with E-state index < -0.39 is 24.1 Å². The number of carbonyl (C=O) groups is 1. The summed E-state index contributed by atoms with van der Waals surface area (Å²) in [6.45, 7) is 7.64. The number of hydrogen-bond donors (Lipinski definition) is 0. The topological polar surface area (TPSA) is 48.0 Å². The summed E-state index contributed by atoms with van der Waals surface area (Å²) in [7, 11) is 0.859. The van der Waals surface area contributed by atoms with E-state index in [1.54, 1.807) is 6.07 Å². The maximum atomic E-state index is 14.4. The lowest BCUT2D eigenvalue weighted by Crippen LogP contribution is -2.41. The second-order valence-electron chi connectivity index (χ2n) is 6.68. The van der Waals surface area contributed by atoms with Crippen molar-refractivity contribution in [3.8, 4) is 5.75 Å². The second kappa shape index (κ2) is 4.70. The quantitative estimate of drug-likeness (QED) is 0.738. The lowest BCUT2D eigenvalue weighted by atomic mass is 9.78. The van der Waals surface area contributed by atoms with Crippen LogP contribution in [0.4, 0.5) is 10.1 Å². The minimum atomic E-state index is -0.670. The Hall–Kier alpha value is -1.60. The van der Waals surface area contributed by atoms with Crippen molar-refractivity contribution in [3.05, 3.63) is 17.9 Å². The smallest absolute Gasteiger partial charge is 0.481 e. The van der Waals surface area contributed by atoms with Crippen molar-refractivity contribution in [1.29, 1.82) is 0 Å². The predicted octanol–water partition coefficient (Wildman–Crippen LogP) is 1.48. The van der Waals surface area contributed by atoms with Crippen LogP contribution in [-0.4, -0.2) is 37.9 Å². The average molecular weight is 307 g/mol. The van der Waals surface area contributed by atoms with E-state index in [0.717, 1.165) is 0 Å². The molecule has 7 heteroatoms. The number of ether oxygens (including phenoxy) is 1. The average Bonchev–Trinajstić information content (AvgIpc) is 2.62. The fourth-order valence-corrected chi connectivity index (χ4v) is 2.51.